The molecule has 1 aliphatic heterocycles. The Labute approximate surface area is 145 Å². The first kappa shape index (κ1) is 15.2. The zero-order valence-corrected chi connectivity index (χ0v) is 14.0. The van der Waals surface area contributed by atoms with E-state index in [0.717, 1.165) is 24.2 Å². The van der Waals surface area contributed by atoms with Crippen LogP contribution in [0.3, 0.4) is 0 Å². The zero-order valence-electron chi connectivity index (χ0n) is 13.3. The maximum absolute atomic E-state index is 13.1. The van der Waals surface area contributed by atoms with Crippen molar-refractivity contribution in [1.29, 1.82) is 0 Å². The van der Waals surface area contributed by atoms with Gasteiger partial charge in [0.1, 0.15) is 5.92 Å². The van der Waals surface area contributed by atoms with Crippen molar-refractivity contribution in [3.63, 3.8) is 0 Å². The number of hydrogen-bond acceptors (Lipinski definition) is 2. The monoisotopic (exact) mass is 340 g/mol. The van der Waals surface area contributed by atoms with Gasteiger partial charge in [-0.2, -0.15) is 0 Å². The van der Waals surface area contributed by atoms with Gasteiger partial charge in [-0.1, -0.05) is 29.8 Å². The van der Waals surface area contributed by atoms with Gasteiger partial charge in [0.05, 0.1) is 11.4 Å². The normalized spacial score (nSPS) is 20.8. The van der Waals surface area contributed by atoms with Crippen LogP contribution in [0.15, 0.2) is 48.5 Å². The average Bonchev–Trinajstić information content (AvgIpc) is 3.42. The van der Waals surface area contributed by atoms with Crippen molar-refractivity contribution in [2.45, 2.75) is 25.8 Å². The van der Waals surface area contributed by atoms with Crippen molar-refractivity contribution in [3.05, 3.63) is 53.6 Å². The molecule has 24 heavy (non-hydrogen) atoms. The van der Waals surface area contributed by atoms with E-state index in [2.05, 4.69) is 0 Å². The van der Waals surface area contributed by atoms with Crippen LogP contribution in [-0.4, -0.2) is 17.9 Å². The Morgan fingerprint density at radius 3 is 2.33 bits per heavy atom. The number of carbonyl (C=O) groups excluding carboxylic acids is 2. The predicted molar refractivity (Wildman–Crippen MR) is 94.7 cm³/mol. The van der Waals surface area contributed by atoms with Crippen LogP contribution < -0.4 is 9.80 Å². The maximum Gasteiger partial charge on any atom is 0.243 e. The maximum atomic E-state index is 13.1. The number of rotatable bonds is 2. The van der Waals surface area contributed by atoms with Gasteiger partial charge in [0.25, 0.3) is 0 Å². The fourth-order valence-corrected chi connectivity index (χ4v) is 3.34. The molecule has 0 bridgehead atoms. The van der Waals surface area contributed by atoms with E-state index in [1.807, 2.05) is 36.4 Å². The SMILES string of the molecule is CC1C(=O)N(c2ccccc2)c2cc(Cl)ccc2N(C2CC2)C1=O. The summed E-state index contributed by atoms with van der Waals surface area (Å²) >= 11 is 6.20. The molecular weight excluding hydrogens is 324 g/mol. The highest BCUT2D eigenvalue weighted by Crippen LogP contribution is 2.44. The average molecular weight is 341 g/mol. The standard InChI is InChI=1S/C19H17ClN2O2/c1-12-18(23)21(15-8-9-15)16-10-7-13(20)11-17(16)22(19(12)24)14-5-3-2-4-6-14/h2-7,10-12,15H,8-9H2,1H3. The number of amides is 2. The topological polar surface area (TPSA) is 40.6 Å². The molecule has 2 aromatic rings. The van der Waals surface area contributed by atoms with Crippen LogP contribution in [0.2, 0.25) is 5.02 Å². The number of nitrogens with zero attached hydrogens (tertiary/aromatic N) is 2. The van der Waals surface area contributed by atoms with Crippen molar-refractivity contribution in [2.75, 3.05) is 9.80 Å². The largest absolute Gasteiger partial charge is 0.307 e. The van der Waals surface area contributed by atoms with E-state index in [1.165, 1.54) is 0 Å². The summed E-state index contributed by atoms with van der Waals surface area (Å²) in [6.45, 7) is 1.68. The fourth-order valence-electron chi connectivity index (χ4n) is 3.18. The molecule has 1 unspecified atom stereocenters. The third-order valence-corrected chi connectivity index (χ3v) is 4.80. The fraction of sp³-hybridized carbons (Fsp3) is 0.263. The Bertz CT molecular complexity index is 817. The highest BCUT2D eigenvalue weighted by Gasteiger charge is 2.43. The number of fused-ring (bicyclic) bond motifs is 1. The summed E-state index contributed by atoms with van der Waals surface area (Å²) in [7, 11) is 0. The Hall–Kier alpha value is -2.33. The molecule has 4 rings (SSSR count). The van der Waals surface area contributed by atoms with E-state index in [1.54, 1.807) is 28.9 Å². The van der Waals surface area contributed by atoms with Crippen LogP contribution in [0.25, 0.3) is 0 Å². The van der Waals surface area contributed by atoms with Crippen molar-refractivity contribution < 1.29 is 9.59 Å². The number of hydrogen-bond donors (Lipinski definition) is 0. The van der Waals surface area contributed by atoms with Gasteiger partial charge in [-0.05, 0) is 50.1 Å². The first-order valence-corrected chi connectivity index (χ1v) is 8.47. The van der Waals surface area contributed by atoms with Crippen LogP contribution in [0, 0.1) is 5.92 Å². The molecule has 1 fully saturated rings. The van der Waals surface area contributed by atoms with Gasteiger partial charge in [0.15, 0.2) is 0 Å². The quantitative estimate of drug-likeness (QED) is 0.770. The number of carbonyl (C=O) groups is 2. The lowest BCUT2D eigenvalue weighted by Crippen LogP contribution is -2.40. The second-order valence-corrected chi connectivity index (χ2v) is 6.74. The molecule has 1 heterocycles. The first-order chi connectivity index (χ1) is 11.6. The summed E-state index contributed by atoms with van der Waals surface area (Å²) in [6.07, 6.45) is 1.94. The molecule has 2 amide bonds. The molecule has 1 atom stereocenters. The molecule has 1 aliphatic carbocycles. The van der Waals surface area contributed by atoms with E-state index >= 15 is 0 Å². The minimum absolute atomic E-state index is 0.135. The first-order valence-electron chi connectivity index (χ1n) is 8.09. The van der Waals surface area contributed by atoms with Crippen molar-refractivity contribution in [1.82, 2.24) is 0 Å². The smallest absolute Gasteiger partial charge is 0.243 e. The molecule has 0 N–H and O–H groups in total. The lowest BCUT2D eigenvalue weighted by Gasteiger charge is -2.25. The summed E-state index contributed by atoms with van der Waals surface area (Å²) in [5.41, 5.74) is 2.17. The molecular formula is C19H17ClN2O2. The van der Waals surface area contributed by atoms with Crippen molar-refractivity contribution in [3.8, 4) is 0 Å². The van der Waals surface area contributed by atoms with Gasteiger partial charge < -0.3 is 4.90 Å². The van der Waals surface area contributed by atoms with Crippen LogP contribution >= 0.6 is 11.6 Å². The Kier molecular flexibility index (Phi) is 3.57. The van der Waals surface area contributed by atoms with E-state index in [4.69, 9.17) is 11.6 Å². The van der Waals surface area contributed by atoms with Crippen LogP contribution in [0.1, 0.15) is 19.8 Å². The van der Waals surface area contributed by atoms with E-state index in [0.29, 0.717) is 10.7 Å². The molecule has 0 spiro atoms. The molecule has 0 saturated heterocycles. The third kappa shape index (κ3) is 2.38. The summed E-state index contributed by atoms with van der Waals surface area (Å²) in [5.74, 6) is -1.08. The Morgan fingerprint density at radius 1 is 0.958 bits per heavy atom. The lowest BCUT2D eigenvalue weighted by atomic mass is 10.1. The van der Waals surface area contributed by atoms with Gasteiger partial charge >= 0.3 is 0 Å². The van der Waals surface area contributed by atoms with Gasteiger partial charge in [-0.25, -0.2) is 0 Å². The molecule has 2 aliphatic rings. The minimum atomic E-state index is -0.725. The number of para-hydroxylation sites is 1. The predicted octanol–water partition coefficient (Wildman–Crippen LogP) is 4.15. The van der Waals surface area contributed by atoms with Crippen molar-refractivity contribution >= 4 is 40.5 Å². The lowest BCUT2D eigenvalue weighted by molar-refractivity contribution is -0.130. The summed E-state index contributed by atoms with van der Waals surface area (Å²) in [6, 6.07) is 15.0. The van der Waals surface area contributed by atoms with Crippen LogP contribution in [0.5, 0.6) is 0 Å². The highest BCUT2D eigenvalue weighted by molar-refractivity contribution is 6.31. The van der Waals surface area contributed by atoms with E-state index < -0.39 is 5.92 Å². The molecule has 0 aromatic heterocycles. The van der Waals surface area contributed by atoms with Gasteiger partial charge in [-0.3, -0.25) is 14.5 Å². The second kappa shape index (κ2) is 5.64. The van der Waals surface area contributed by atoms with Crippen LogP contribution in [-0.2, 0) is 9.59 Å². The zero-order chi connectivity index (χ0) is 16.8. The van der Waals surface area contributed by atoms with Crippen molar-refractivity contribution in [2.24, 2.45) is 5.92 Å². The van der Waals surface area contributed by atoms with E-state index in [9.17, 15) is 9.59 Å². The number of benzene rings is 2. The molecule has 122 valence electrons. The molecule has 1 saturated carbocycles. The molecule has 4 nitrogen and oxygen atoms in total. The number of halogens is 1. The summed E-state index contributed by atoms with van der Waals surface area (Å²) in [5, 5.41) is 0.542. The Balaban J connectivity index is 1.96. The second-order valence-electron chi connectivity index (χ2n) is 6.30. The van der Waals surface area contributed by atoms with Gasteiger partial charge in [0.2, 0.25) is 11.8 Å². The molecule has 5 heteroatoms. The third-order valence-electron chi connectivity index (χ3n) is 4.56. The molecule has 2 aromatic carbocycles. The van der Waals surface area contributed by atoms with Gasteiger partial charge in [-0.15, -0.1) is 0 Å². The summed E-state index contributed by atoms with van der Waals surface area (Å²) in [4.78, 5) is 29.4. The molecule has 0 radical (unpaired) electrons. The van der Waals surface area contributed by atoms with Gasteiger partial charge in [0, 0.05) is 16.8 Å². The number of anilines is 3. The van der Waals surface area contributed by atoms with Crippen LogP contribution in [0.4, 0.5) is 17.1 Å². The summed E-state index contributed by atoms with van der Waals surface area (Å²) < 4.78 is 0. The highest BCUT2D eigenvalue weighted by atomic mass is 35.5. The Morgan fingerprint density at radius 2 is 1.67 bits per heavy atom. The van der Waals surface area contributed by atoms with E-state index in [-0.39, 0.29) is 17.9 Å². The minimum Gasteiger partial charge on any atom is -0.307 e.